The molecule has 1 aliphatic heterocycles. The number of carbonyl (C=O) groups is 1. The van der Waals surface area contributed by atoms with E-state index in [9.17, 15) is 9.18 Å². The lowest BCUT2D eigenvalue weighted by atomic mass is 10.1. The molecule has 1 amide bonds. The van der Waals surface area contributed by atoms with Gasteiger partial charge in [0.2, 0.25) is 5.91 Å². The SMILES string of the molecule is O=C(Cc1csc(-c2cccc(F)c2)n1)Nc1nc(-c2ccc3c(c2)CCO3)cs1. The average molecular weight is 438 g/mol. The Labute approximate surface area is 180 Å². The van der Waals surface area contributed by atoms with E-state index < -0.39 is 0 Å². The smallest absolute Gasteiger partial charge is 0.232 e. The normalized spacial score (nSPS) is 12.4. The number of rotatable bonds is 5. The van der Waals surface area contributed by atoms with E-state index in [0.717, 1.165) is 23.4 Å². The van der Waals surface area contributed by atoms with Gasteiger partial charge in [-0.25, -0.2) is 14.4 Å². The van der Waals surface area contributed by atoms with Gasteiger partial charge in [-0.05, 0) is 35.9 Å². The van der Waals surface area contributed by atoms with Gasteiger partial charge in [0, 0.05) is 28.3 Å². The fraction of sp³-hybridized carbons (Fsp3) is 0.136. The molecule has 0 aliphatic carbocycles. The molecule has 0 atom stereocenters. The zero-order chi connectivity index (χ0) is 20.5. The molecule has 1 N–H and O–H groups in total. The summed E-state index contributed by atoms with van der Waals surface area (Å²) in [5, 5.41) is 7.82. The second-order valence-corrected chi connectivity index (χ2v) is 8.55. The Bertz CT molecular complexity index is 1230. The van der Waals surface area contributed by atoms with Crippen molar-refractivity contribution in [3.8, 4) is 27.6 Å². The molecule has 8 heteroatoms. The number of nitrogens with one attached hydrogen (secondary N) is 1. The topological polar surface area (TPSA) is 64.1 Å². The first-order chi connectivity index (χ1) is 14.6. The monoisotopic (exact) mass is 437 g/mol. The van der Waals surface area contributed by atoms with Crippen LogP contribution in [0.15, 0.2) is 53.2 Å². The molecule has 0 spiro atoms. The Morgan fingerprint density at radius 3 is 2.93 bits per heavy atom. The van der Waals surface area contributed by atoms with Crippen molar-refractivity contribution in [2.24, 2.45) is 0 Å². The fourth-order valence-corrected chi connectivity index (χ4v) is 4.83. The molecule has 0 saturated carbocycles. The first-order valence-corrected chi connectivity index (χ1v) is 11.1. The maximum atomic E-state index is 13.4. The number of nitrogens with zero attached hydrogens (tertiary/aromatic N) is 2. The molecule has 1 aliphatic rings. The van der Waals surface area contributed by atoms with E-state index in [1.54, 1.807) is 12.1 Å². The summed E-state index contributed by atoms with van der Waals surface area (Å²) in [6.45, 7) is 0.717. The summed E-state index contributed by atoms with van der Waals surface area (Å²) >= 11 is 2.78. The molecule has 5 nitrogen and oxygen atoms in total. The molecule has 0 fully saturated rings. The molecule has 3 heterocycles. The number of aromatic nitrogens is 2. The summed E-state index contributed by atoms with van der Waals surface area (Å²) in [4.78, 5) is 21.4. The van der Waals surface area contributed by atoms with Gasteiger partial charge in [-0.15, -0.1) is 22.7 Å². The number of benzene rings is 2. The Morgan fingerprint density at radius 1 is 1.10 bits per heavy atom. The zero-order valence-corrected chi connectivity index (χ0v) is 17.4. The van der Waals surface area contributed by atoms with E-state index in [0.29, 0.717) is 28.0 Å². The number of hydrogen-bond donors (Lipinski definition) is 1. The highest BCUT2D eigenvalue weighted by Crippen LogP contribution is 2.32. The van der Waals surface area contributed by atoms with Crippen molar-refractivity contribution in [3.05, 3.63) is 70.3 Å². The summed E-state index contributed by atoms with van der Waals surface area (Å²) in [6, 6.07) is 12.3. The van der Waals surface area contributed by atoms with Crippen LogP contribution in [-0.2, 0) is 17.6 Å². The van der Waals surface area contributed by atoms with Crippen molar-refractivity contribution in [2.75, 3.05) is 11.9 Å². The Kier molecular flexibility index (Phi) is 5.02. The van der Waals surface area contributed by atoms with Gasteiger partial charge in [-0.2, -0.15) is 0 Å². The quantitative estimate of drug-likeness (QED) is 0.467. The molecule has 0 saturated heterocycles. The molecule has 30 heavy (non-hydrogen) atoms. The van der Waals surface area contributed by atoms with Crippen LogP contribution >= 0.6 is 22.7 Å². The summed E-state index contributed by atoms with van der Waals surface area (Å²) in [6.07, 6.45) is 1.04. The van der Waals surface area contributed by atoms with Crippen molar-refractivity contribution in [1.29, 1.82) is 0 Å². The van der Waals surface area contributed by atoms with E-state index >= 15 is 0 Å². The van der Waals surface area contributed by atoms with E-state index in [1.807, 2.05) is 22.9 Å². The minimum absolute atomic E-state index is 0.136. The minimum atomic E-state index is -0.308. The number of anilines is 1. The van der Waals surface area contributed by atoms with Crippen LogP contribution in [0.5, 0.6) is 5.75 Å². The van der Waals surface area contributed by atoms with E-state index in [-0.39, 0.29) is 18.1 Å². The molecule has 0 unspecified atom stereocenters. The standard InChI is InChI=1S/C22H16FN3O2S2/c23-16-3-1-2-15(9-16)21-24-17(11-29-21)10-20(27)26-22-25-18(12-30-22)13-4-5-19-14(8-13)6-7-28-19/h1-5,8-9,11-12H,6-7,10H2,(H,25,26,27). The molecule has 150 valence electrons. The number of halogens is 1. The lowest BCUT2D eigenvalue weighted by Crippen LogP contribution is -2.14. The Hall–Kier alpha value is -3.10. The van der Waals surface area contributed by atoms with Crippen molar-refractivity contribution < 1.29 is 13.9 Å². The van der Waals surface area contributed by atoms with Crippen molar-refractivity contribution in [2.45, 2.75) is 12.8 Å². The van der Waals surface area contributed by atoms with Crippen LogP contribution in [-0.4, -0.2) is 22.5 Å². The number of hydrogen-bond acceptors (Lipinski definition) is 6. The van der Waals surface area contributed by atoms with Crippen LogP contribution < -0.4 is 10.1 Å². The van der Waals surface area contributed by atoms with Crippen LogP contribution in [0.25, 0.3) is 21.8 Å². The molecular formula is C22H16FN3O2S2. The van der Waals surface area contributed by atoms with Crippen LogP contribution in [0, 0.1) is 5.82 Å². The van der Waals surface area contributed by atoms with Gasteiger partial charge < -0.3 is 10.1 Å². The number of thiazole rings is 2. The molecule has 0 bridgehead atoms. The second kappa shape index (κ2) is 7.97. The van der Waals surface area contributed by atoms with Crippen molar-refractivity contribution in [3.63, 3.8) is 0 Å². The van der Waals surface area contributed by atoms with Gasteiger partial charge in [-0.3, -0.25) is 4.79 Å². The number of amides is 1. The van der Waals surface area contributed by atoms with E-state index in [2.05, 4.69) is 21.4 Å². The van der Waals surface area contributed by atoms with Crippen LogP contribution in [0.2, 0.25) is 0 Å². The van der Waals surface area contributed by atoms with Gasteiger partial charge in [0.15, 0.2) is 5.13 Å². The number of fused-ring (bicyclic) bond motifs is 1. The lowest BCUT2D eigenvalue weighted by molar-refractivity contribution is -0.115. The third kappa shape index (κ3) is 3.96. The molecule has 5 rings (SSSR count). The summed E-state index contributed by atoms with van der Waals surface area (Å²) < 4.78 is 18.9. The third-order valence-electron chi connectivity index (χ3n) is 4.70. The molecule has 4 aromatic rings. The maximum Gasteiger partial charge on any atom is 0.232 e. The zero-order valence-electron chi connectivity index (χ0n) is 15.7. The van der Waals surface area contributed by atoms with Crippen LogP contribution in [0.4, 0.5) is 9.52 Å². The highest BCUT2D eigenvalue weighted by molar-refractivity contribution is 7.14. The predicted molar refractivity (Wildman–Crippen MR) is 117 cm³/mol. The highest BCUT2D eigenvalue weighted by atomic mass is 32.1. The number of ether oxygens (including phenoxy) is 1. The third-order valence-corrected chi connectivity index (χ3v) is 6.40. The van der Waals surface area contributed by atoms with Gasteiger partial charge in [-0.1, -0.05) is 12.1 Å². The summed E-state index contributed by atoms with van der Waals surface area (Å²) in [5.41, 5.74) is 4.37. The average Bonchev–Trinajstić information content (AvgIpc) is 3.48. The summed E-state index contributed by atoms with van der Waals surface area (Å²) in [7, 11) is 0. The van der Waals surface area contributed by atoms with Gasteiger partial charge in [0.25, 0.3) is 0 Å². The van der Waals surface area contributed by atoms with Gasteiger partial charge >= 0.3 is 0 Å². The minimum Gasteiger partial charge on any atom is -0.493 e. The highest BCUT2D eigenvalue weighted by Gasteiger charge is 2.15. The van der Waals surface area contributed by atoms with Crippen LogP contribution in [0.1, 0.15) is 11.3 Å². The largest absolute Gasteiger partial charge is 0.493 e. The molecular weight excluding hydrogens is 421 g/mol. The Morgan fingerprint density at radius 2 is 2.03 bits per heavy atom. The van der Waals surface area contributed by atoms with Crippen molar-refractivity contribution >= 4 is 33.7 Å². The lowest BCUT2D eigenvalue weighted by Gasteiger charge is -2.02. The van der Waals surface area contributed by atoms with E-state index in [4.69, 9.17) is 4.74 Å². The van der Waals surface area contributed by atoms with Gasteiger partial charge in [0.1, 0.15) is 16.6 Å². The summed E-state index contributed by atoms with van der Waals surface area (Å²) in [5.74, 6) is 0.440. The van der Waals surface area contributed by atoms with Crippen molar-refractivity contribution in [1.82, 2.24) is 9.97 Å². The first kappa shape index (κ1) is 18.9. The number of carbonyl (C=O) groups excluding carboxylic acids is 1. The molecule has 0 radical (unpaired) electrons. The maximum absolute atomic E-state index is 13.4. The van der Waals surface area contributed by atoms with E-state index in [1.165, 1.54) is 40.4 Å². The Balaban J connectivity index is 1.24. The van der Waals surface area contributed by atoms with Gasteiger partial charge in [0.05, 0.1) is 24.4 Å². The fourth-order valence-electron chi connectivity index (χ4n) is 3.28. The van der Waals surface area contributed by atoms with Crippen LogP contribution in [0.3, 0.4) is 0 Å². The molecule has 2 aromatic carbocycles. The predicted octanol–water partition coefficient (Wildman–Crippen LogP) is 5.19. The second-order valence-electron chi connectivity index (χ2n) is 6.84. The first-order valence-electron chi connectivity index (χ1n) is 9.36. The molecule has 2 aromatic heterocycles.